The molecule has 0 spiro atoms. The molecule has 1 N–H and O–H groups in total. The van der Waals surface area contributed by atoms with Crippen molar-refractivity contribution in [3.05, 3.63) is 27.5 Å². The number of hydrogen-bond acceptors (Lipinski definition) is 5. The molecule has 7 heteroatoms. The summed E-state index contributed by atoms with van der Waals surface area (Å²) in [6.45, 7) is 5.07. The summed E-state index contributed by atoms with van der Waals surface area (Å²) in [6, 6.07) is 0.138. The monoisotopic (exact) mass is 299 g/mol. The van der Waals surface area contributed by atoms with Gasteiger partial charge in [-0.15, -0.1) is 5.10 Å². The molecule has 0 aliphatic heterocycles. The van der Waals surface area contributed by atoms with Gasteiger partial charge in [0, 0.05) is 18.0 Å². The molecule has 2 aromatic rings. The van der Waals surface area contributed by atoms with Crippen LogP contribution in [-0.2, 0) is 13.5 Å². The number of aromatic nitrogens is 4. The fraction of sp³-hybridized carbons (Fsp3) is 0.583. The van der Waals surface area contributed by atoms with Gasteiger partial charge in [0.25, 0.3) is 0 Å². The Kier molecular flexibility index (Phi) is 4.90. The highest BCUT2D eigenvalue weighted by molar-refractivity contribution is 7.03. The van der Waals surface area contributed by atoms with Crippen LogP contribution < -0.4 is 5.32 Å². The highest BCUT2D eigenvalue weighted by Gasteiger charge is 2.19. The Morgan fingerprint density at radius 2 is 2.32 bits per heavy atom. The van der Waals surface area contributed by atoms with Crippen molar-refractivity contribution in [1.29, 1.82) is 0 Å². The van der Waals surface area contributed by atoms with Gasteiger partial charge in [0.1, 0.15) is 5.15 Å². The lowest BCUT2D eigenvalue weighted by Crippen LogP contribution is -2.24. The molecule has 2 aromatic heterocycles. The molecule has 0 fully saturated rings. The van der Waals surface area contributed by atoms with E-state index < -0.39 is 0 Å². The number of aryl methyl sites for hydroxylation is 2. The van der Waals surface area contributed by atoms with Crippen LogP contribution in [-0.4, -0.2) is 25.9 Å². The van der Waals surface area contributed by atoms with Crippen molar-refractivity contribution in [2.24, 2.45) is 7.05 Å². The summed E-state index contributed by atoms with van der Waals surface area (Å²) in [5.41, 5.74) is 3.02. The molecule has 2 heterocycles. The van der Waals surface area contributed by atoms with Gasteiger partial charge in [0.2, 0.25) is 0 Å². The maximum Gasteiger partial charge on any atom is 0.130 e. The third-order valence-corrected chi connectivity index (χ3v) is 4.05. The minimum Gasteiger partial charge on any atom is -0.308 e. The van der Waals surface area contributed by atoms with Crippen LogP contribution in [0.3, 0.4) is 0 Å². The Morgan fingerprint density at radius 1 is 1.53 bits per heavy atom. The van der Waals surface area contributed by atoms with E-state index in [4.69, 9.17) is 11.6 Å². The van der Waals surface area contributed by atoms with E-state index in [1.807, 2.05) is 19.4 Å². The largest absolute Gasteiger partial charge is 0.308 e. The van der Waals surface area contributed by atoms with Crippen LogP contribution in [0.1, 0.15) is 36.3 Å². The fourth-order valence-corrected chi connectivity index (χ4v) is 2.79. The molecule has 104 valence electrons. The van der Waals surface area contributed by atoms with Gasteiger partial charge in [-0.3, -0.25) is 4.68 Å². The summed E-state index contributed by atoms with van der Waals surface area (Å²) in [5, 5.41) is 14.7. The lowest BCUT2D eigenvalue weighted by molar-refractivity contribution is 0.516. The molecule has 0 bridgehead atoms. The van der Waals surface area contributed by atoms with Crippen LogP contribution in [0, 0.1) is 6.92 Å². The zero-order valence-corrected chi connectivity index (χ0v) is 12.9. The van der Waals surface area contributed by atoms with Gasteiger partial charge in [-0.2, -0.15) is 5.10 Å². The fourth-order valence-electron chi connectivity index (χ4n) is 2.03. The standard InChI is InChI=1S/C12H18ClN5S/c1-4-5-14-10(11-7-19-17-15-11)6-9-8(2)16-18(3)12(9)13/h7,10,14H,4-6H2,1-3H3. The zero-order chi connectivity index (χ0) is 13.8. The predicted octanol–water partition coefficient (Wildman–Crippen LogP) is 2.52. The van der Waals surface area contributed by atoms with Gasteiger partial charge >= 0.3 is 0 Å². The van der Waals surface area contributed by atoms with Gasteiger partial charge in [-0.1, -0.05) is 23.0 Å². The molecule has 0 amide bonds. The van der Waals surface area contributed by atoms with E-state index in [0.29, 0.717) is 5.15 Å². The second kappa shape index (κ2) is 6.45. The summed E-state index contributed by atoms with van der Waals surface area (Å²) in [7, 11) is 1.86. The van der Waals surface area contributed by atoms with Crippen molar-refractivity contribution in [1.82, 2.24) is 24.7 Å². The van der Waals surface area contributed by atoms with Crippen molar-refractivity contribution in [2.45, 2.75) is 32.7 Å². The van der Waals surface area contributed by atoms with E-state index >= 15 is 0 Å². The van der Waals surface area contributed by atoms with Crippen molar-refractivity contribution < 1.29 is 0 Å². The maximum atomic E-state index is 6.29. The highest BCUT2D eigenvalue weighted by Crippen LogP contribution is 2.25. The van der Waals surface area contributed by atoms with Crippen molar-refractivity contribution in [3.63, 3.8) is 0 Å². The summed E-state index contributed by atoms with van der Waals surface area (Å²) in [6.07, 6.45) is 1.86. The van der Waals surface area contributed by atoms with E-state index in [0.717, 1.165) is 36.3 Å². The van der Waals surface area contributed by atoms with E-state index in [-0.39, 0.29) is 6.04 Å². The van der Waals surface area contributed by atoms with Crippen LogP contribution in [0.25, 0.3) is 0 Å². The lowest BCUT2D eigenvalue weighted by atomic mass is 10.0. The van der Waals surface area contributed by atoms with Crippen LogP contribution in [0.5, 0.6) is 0 Å². The topological polar surface area (TPSA) is 55.6 Å². The number of nitrogens with one attached hydrogen (secondary N) is 1. The van der Waals surface area contributed by atoms with Gasteiger partial charge in [0.05, 0.1) is 17.4 Å². The molecule has 2 rings (SSSR count). The Bertz CT molecular complexity index is 522. The third kappa shape index (κ3) is 3.32. The van der Waals surface area contributed by atoms with E-state index in [1.165, 1.54) is 11.5 Å². The molecule has 1 atom stereocenters. The SMILES string of the molecule is CCCNC(Cc1c(C)nn(C)c1Cl)c1csnn1. The Hall–Kier alpha value is -0.980. The average molecular weight is 300 g/mol. The molecule has 19 heavy (non-hydrogen) atoms. The molecule has 5 nitrogen and oxygen atoms in total. The molecule has 0 saturated carbocycles. The number of nitrogens with zero attached hydrogens (tertiary/aromatic N) is 4. The molecule has 1 unspecified atom stereocenters. The molecule has 0 aromatic carbocycles. The molecule has 0 aliphatic rings. The summed E-state index contributed by atoms with van der Waals surface area (Å²) >= 11 is 7.66. The highest BCUT2D eigenvalue weighted by atomic mass is 35.5. The van der Waals surface area contributed by atoms with Crippen molar-refractivity contribution in [3.8, 4) is 0 Å². The minimum absolute atomic E-state index is 0.138. The lowest BCUT2D eigenvalue weighted by Gasteiger charge is -2.15. The molecule has 0 aliphatic carbocycles. The first kappa shape index (κ1) is 14.4. The number of rotatable bonds is 6. The Morgan fingerprint density at radius 3 is 2.84 bits per heavy atom. The maximum absolute atomic E-state index is 6.29. The summed E-state index contributed by atoms with van der Waals surface area (Å²) in [4.78, 5) is 0. The molecular formula is C12H18ClN5S. The zero-order valence-electron chi connectivity index (χ0n) is 11.4. The minimum atomic E-state index is 0.138. The average Bonchev–Trinajstić information content (AvgIpc) is 2.98. The Balaban J connectivity index is 2.20. The number of halogens is 1. The summed E-state index contributed by atoms with van der Waals surface area (Å²) in [5.74, 6) is 0. The second-order valence-electron chi connectivity index (χ2n) is 4.52. The first-order valence-corrected chi connectivity index (χ1v) is 7.53. The molecule has 0 radical (unpaired) electrons. The molecular weight excluding hydrogens is 282 g/mol. The van der Waals surface area contributed by atoms with Gasteiger partial charge in [-0.05, 0) is 37.8 Å². The van der Waals surface area contributed by atoms with Gasteiger partial charge in [-0.25, -0.2) is 0 Å². The van der Waals surface area contributed by atoms with Crippen LogP contribution in [0.2, 0.25) is 5.15 Å². The summed E-state index contributed by atoms with van der Waals surface area (Å²) < 4.78 is 5.65. The van der Waals surface area contributed by atoms with Crippen molar-refractivity contribution in [2.75, 3.05) is 6.54 Å². The third-order valence-electron chi connectivity index (χ3n) is 3.05. The Labute approximate surface area is 122 Å². The second-order valence-corrected chi connectivity index (χ2v) is 5.49. The molecule has 0 saturated heterocycles. The predicted molar refractivity (Wildman–Crippen MR) is 77.6 cm³/mol. The normalized spacial score (nSPS) is 12.8. The van der Waals surface area contributed by atoms with E-state index in [9.17, 15) is 0 Å². The van der Waals surface area contributed by atoms with Gasteiger partial charge in [0.15, 0.2) is 0 Å². The van der Waals surface area contributed by atoms with Gasteiger partial charge < -0.3 is 5.32 Å². The van der Waals surface area contributed by atoms with Crippen LogP contribution in [0.4, 0.5) is 0 Å². The van der Waals surface area contributed by atoms with Crippen LogP contribution >= 0.6 is 23.1 Å². The van der Waals surface area contributed by atoms with E-state index in [2.05, 4.69) is 26.9 Å². The number of hydrogen-bond donors (Lipinski definition) is 1. The van der Waals surface area contributed by atoms with Crippen LogP contribution in [0.15, 0.2) is 5.38 Å². The van der Waals surface area contributed by atoms with E-state index in [1.54, 1.807) is 4.68 Å². The van der Waals surface area contributed by atoms with Crippen molar-refractivity contribution >= 4 is 23.1 Å². The quantitative estimate of drug-likeness (QED) is 0.890. The first-order valence-electron chi connectivity index (χ1n) is 6.31. The smallest absolute Gasteiger partial charge is 0.130 e. The first-order chi connectivity index (χ1) is 9.13.